The van der Waals surface area contributed by atoms with Crippen LogP contribution >= 0.6 is 24.0 Å². The number of nitrogens with zero attached hydrogens (tertiary/aromatic N) is 2. The number of rotatable bonds is 8. The minimum absolute atomic E-state index is 0. The average Bonchev–Trinajstić information content (AvgIpc) is 3.11. The number of para-hydroxylation sites is 1. The highest BCUT2D eigenvalue weighted by atomic mass is 127. The molecule has 31 heavy (non-hydrogen) atoms. The Morgan fingerprint density at radius 3 is 2.55 bits per heavy atom. The van der Waals surface area contributed by atoms with Crippen LogP contribution in [0.2, 0.25) is 0 Å². The molecule has 0 unspecified atom stereocenters. The van der Waals surface area contributed by atoms with Gasteiger partial charge < -0.3 is 25.6 Å². The summed E-state index contributed by atoms with van der Waals surface area (Å²) >= 11 is 0. The smallest absolute Gasteiger partial charge is 0.407 e. The summed E-state index contributed by atoms with van der Waals surface area (Å²) in [7, 11) is 0. The van der Waals surface area contributed by atoms with E-state index in [1.165, 1.54) is 5.56 Å². The van der Waals surface area contributed by atoms with Gasteiger partial charge in [0.1, 0.15) is 5.60 Å². The lowest BCUT2D eigenvalue weighted by Gasteiger charge is -2.20. The van der Waals surface area contributed by atoms with Gasteiger partial charge in [-0.3, -0.25) is 9.79 Å². The average molecular weight is 545 g/mol. The summed E-state index contributed by atoms with van der Waals surface area (Å²) in [5.74, 6) is 0.817. The van der Waals surface area contributed by atoms with Crippen molar-refractivity contribution < 1.29 is 14.3 Å². The van der Waals surface area contributed by atoms with Gasteiger partial charge in [0.2, 0.25) is 5.91 Å². The highest BCUT2D eigenvalue weighted by Crippen LogP contribution is 2.27. The number of guanidine groups is 1. The minimum atomic E-state index is -0.511. The minimum Gasteiger partial charge on any atom is -0.444 e. The van der Waals surface area contributed by atoms with Gasteiger partial charge >= 0.3 is 6.09 Å². The molecule has 0 radical (unpaired) electrons. The first-order chi connectivity index (χ1) is 14.3. The zero-order chi connectivity index (χ0) is 22.0. The number of halogens is 1. The highest BCUT2D eigenvalue weighted by molar-refractivity contribution is 14.0. The number of anilines is 1. The molecule has 8 nitrogen and oxygen atoms in total. The molecule has 0 atom stereocenters. The molecule has 2 rings (SSSR count). The van der Waals surface area contributed by atoms with E-state index in [1.807, 2.05) is 50.8 Å². The Labute approximate surface area is 202 Å². The number of hydrogen-bond donors (Lipinski definition) is 3. The number of fused-ring (bicyclic) bond motifs is 1. The third kappa shape index (κ3) is 9.75. The van der Waals surface area contributed by atoms with Gasteiger partial charge in [-0.25, -0.2) is 4.79 Å². The van der Waals surface area contributed by atoms with Crippen LogP contribution in [0.15, 0.2) is 29.3 Å². The number of amides is 2. The van der Waals surface area contributed by atoms with Gasteiger partial charge in [0, 0.05) is 44.8 Å². The fourth-order valence-corrected chi connectivity index (χ4v) is 3.15. The fourth-order valence-electron chi connectivity index (χ4n) is 3.15. The summed E-state index contributed by atoms with van der Waals surface area (Å²) in [4.78, 5) is 30.6. The molecule has 9 heteroatoms. The van der Waals surface area contributed by atoms with Crippen molar-refractivity contribution in [2.45, 2.75) is 52.6 Å². The van der Waals surface area contributed by atoms with Gasteiger partial charge in [-0.15, -0.1) is 24.0 Å². The first kappa shape index (κ1) is 27.0. The largest absolute Gasteiger partial charge is 0.444 e. The number of nitrogens with one attached hydrogen (secondary N) is 3. The molecular formula is C22H36IN5O3. The van der Waals surface area contributed by atoms with Crippen LogP contribution in [0.4, 0.5) is 10.5 Å². The Kier molecular flexibility index (Phi) is 11.7. The van der Waals surface area contributed by atoms with Crippen LogP contribution in [-0.2, 0) is 16.0 Å². The SMILES string of the molecule is CCNC(=NCCCC(=O)N1CCc2ccccc21)NCCNC(=O)OC(C)(C)C.I. The standard InChI is InChI=1S/C22H35N5O3.HI/c1-5-23-20(25-14-15-26-21(29)30-22(2,3)4)24-13-8-11-19(28)27-16-12-17-9-6-7-10-18(17)27;/h6-7,9-10H,5,8,11-16H2,1-4H3,(H,26,29)(H2,23,24,25);1H. The summed E-state index contributed by atoms with van der Waals surface area (Å²) in [6.45, 7) is 10.5. The molecule has 1 aliphatic rings. The van der Waals surface area contributed by atoms with Crippen molar-refractivity contribution in [3.63, 3.8) is 0 Å². The third-order valence-electron chi connectivity index (χ3n) is 4.44. The lowest BCUT2D eigenvalue weighted by molar-refractivity contribution is -0.118. The number of ether oxygens (including phenoxy) is 1. The van der Waals surface area contributed by atoms with Crippen LogP contribution in [0.25, 0.3) is 0 Å². The summed E-state index contributed by atoms with van der Waals surface area (Å²) in [6.07, 6.45) is 1.64. The van der Waals surface area contributed by atoms with Gasteiger partial charge in [0.15, 0.2) is 5.96 Å². The molecule has 3 N–H and O–H groups in total. The Hall–Kier alpha value is -2.04. The van der Waals surface area contributed by atoms with E-state index < -0.39 is 11.7 Å². The van der Waals surface area contributed by atoms with Crippen molar-refractivity contribution in [2.24, 2.45) is 4.99 Å². The fraction of sp³-hybridized carbons (Fsp3) is 0.591. The molecule has 1 heterocycles. The maximum atomic E-state index is 12.5. The summed E-state index contributed by atoms with van der Waals surface area (Å²) in [6, 6.07) is 8.08. The second kappa shape index (κ2) is 13.4. The summed E-state index contributed by atoms with van der Waals surface area (Å²) < 4.78 is 5.20. The van der Waals surface area contributed by atoms with Crippen molar-refractivity contribution in [3.05, 3.63) is 29.8 Å². The van der Waals surface area contributed by atoms with Crippen LogP contribution < -0.4 is 20.9 Å². The van der Waals surface area contributed by atoms with E-state index in [9.17, 15) is 9.59 Å². The number of hydrogen-bond acceptors (Lipinski definition) is 4. The molecule has 1 aromatic carbocycles. The van der Waals surface area contributed by atoms with Gasteiger partial charge in [-0.1, -0.05) is 18.2 Å². The molecule has 1 aliphatic heterocycles. The van der Waals surface area contributed by atoms with Crippen LogP contribution in [-0.4, -0.2) is 56.3 Å². The van der Waals surface area contributed by atoms with Crippen molar-refractivity contribution in [1.29, 1.82) is 0 Å². The summed E-state index contributed by atoms with van der Waals surface area (Å²) in [5, 5.41) is 9.03. The molecular weight excluding hydrogens is 509 g/mol. The van der Waals surface area contributed by atoms with Gasteiger partial charge in [0.25, 0.3) is 0 Å². The van der Waals surface area contributed by atoms with Gasteiger partial charge in [0.05, 0.1) is 0 Å². The van der Waals surface area contributed by atoms with Crippen molar-refractivity contribution in [2.75, 3.05) is 37.6 Å². The second-order valence-corrected chi connectivity index (χ2v) is 8.14. The highest BCUT2D eigenvalue weighted by Gasteiger charge is 2.23. The quantitative estimate of drug-likeness (QED) is 0.202. The Morgan fingerprint density at radius 2 is 1.84 bits per heavy atom. The van der Waals surface area contributed by atoms with Crippen molar-refractivity contribution in [3.8, 4) is 0 Å². The Morgan fingerprint density at radius 1 is 1.13 bits per heavy atom. The van der Waals surface area contributed by atoms with Gasteiger partial charge in [-0.2, -0.15) is 0 Å². The number of alkyl carbamates (subject to hydrolysis) is 1. The second-order valence-electron chi connectivity index (χ2n) is 8.14. The topological polar surface area (TPSA) is 95.1 Å². The zero-order valence-electron chi connectivity index (χ0n) is 19.0. The predicted molar refractivity (Wildman–Crippen MR) is 135 cm³/mol. The van der Waals surface area contributed by atoms with Crippen molar-refractivity contribution >= 4 is 47.6 Å². The molecule has 0 aromatic heterocycles. The number of carbonyl (C=O) groups excluding carboxylic acids is 2. The van der Waals surface area contributed by atoms with E-state index in [4.69, 9.17) is 4.74 Å². The first-order valence-electron chi connectivity index (χ1n) is 10.7. The number of carbonyl (C=O) groups is 2. The molecule has 0 saturated heterocycles. The number of benzene rings is 1. The van der Waals surface area contributed by atoms with Crippen LogP contribution in [0.3, 0.4) is 0 Å². The monoisotopic (exact) mass is 545 g/mol. The molecule has 0 aliphatic carbocycles. The molecule has 0 spiro atoms. The van der Waals surface area contributed by atoms with E-state index in [1.54, 1.807) is 0 Å². The normalized spacial score (nSPS) is 13.2. The van der Waals surface area contributed by atoms with Gasteiger partial charge in [-0.05, 0) is 52.2 Å². The molecule has 0 saturated carbocycles. The predicted octanol–water partition coefficient (Wildman–Crippen LogP) is 3.05. The van der Waals surface area contributed by atoms with Crippen molar-refractivity contribution in [1.82, 2.24) is 16.0 Å². The Balaban J connectivity index is 0.00000480. The van der Waals surface area contributed by atoms with E-state index in [-0.39, 0.29) is 29.9 Å². The van der Waals surface area contributed by atoms with E-state index in [0.29, 0.717) is 38.4 Å². The van der Waals surface area contributed by atoms with E-state index in [0.717, 1.165) is 25.2 Å². The molecule has 1 aromatic rings. The van der Waals surface area contributed by atoms with E-state index >= 15 is 0 Å². The molecule has 2 amide bonds. The molecule has 174 valence electrons. The van der Waals surface area contributed by atoms with Crippen LogP contribution in [0.5, 0.6) is 0 Å². The maximum absolute atomic E-state index is 12.5. The molecule has 0 bridgehead atoms. The number of aliphatic imine (C=N–C) groups is 1. The molecule has 0 fully saturated rings. The Bertz CT molecular complexity index is 749. The third-order valence-corrected chi connectivity index (χ3v) is 4.44. The zero-order valence-corrected chi connectivity index (χ0v) is 21.3. The lowest BCUT2D eigenvalue weighted by atomic mass is 10.2. The van der Waals surface area contributed by atoms with E-state index in [2.05, 4.69) is 27.0 Å². The summed E-state index contributed by atoms with van der Waals surface area (Å²) in [5.41, 5.74) is 1.77. The van der Waals surface area contributed by atoms with Crippen LogP contribution in [0.1, 0.15) is 46.1 Å². The first-order valence-corrected chi connectivity index (χ1v) is 10.7. The maximum Gasteiger partial charge on any atom is 0.407 e. The van der Waals surface area contributed by atoms with Crippen LogP contribution in [0, 0.1) is 0 Å². The lowest BCUT2D eigenvalue weighted by Crippen LogP contribution is -2.42.